The van der Waals surface area contributed by atoms with E-state index in [1.165, 1.54) is 12.8 Å². The molecule has 4 rings (SSSR count). The number of rotatable bonds is 4. The van der Waals surface area contributed by atoms with Gasteiger partial charge in [-0.3, -0.25) is 4.79 Å². The second kappa shape index (κ2) is 7.51. The predicted octanol–water partition coefficient (Wildman–Crippen LogP) is 4.72. The number of hydrogen-bond acceptors (Lipinski definition) is 3. The first-order valence-corrected chi connectivity index (χ1v) is 12.2. The summed E-state index contributed by atoms with van der Waals surface area (Å²) in [4.78, 5) is 12.4. The van der Waals surface area contributed by atoms with E-state index in [2.05, 4.69) is 27.7 Å². The van der Waals surface area contributed by atoms with Crippen molar-refractivity contribution in [3.63, 3.8) is 0 Å². The van der Waals surface area contributed by atoms with Crippen LogP contribution in [0, 0.1) is 52.3 Å². The van der Waals surface area contributed by atoms with Gasteiger partial charge in [0.1, 0.15) is 0 Å². The van der Waals surface area contributed by atoms with Crippen molar-refractivity contribution in [2.45, 2.75) is 97.7 Å². The van der Waals surface area contributed by atoms with Gasteiger partial charge in [0.2, 0.25) is 0 Å². The quantitative estimate of drug-likeness (QED) is 0.631. The standard InChI is InChI=1S/C25H42O4/c1-5-6-14(2)18-7-8-19-22-17(23(28)29)12-15-11-16(26)9-10-24(15,3)20(22)13-21(27)25(18,19)4/h14-22,26-27H,5-13H2,1-4H3,(H,28,29)/t14-,15+,16-,17?,18-,19+,20+,21+,22+,24+,25-/m1/s1. The molecule has 0 bridgehead atoms. The van der Waals surface area contributed by atoms with Crippen LogP contribution in [-0.2, 0) is 4.79 Å². The Morgan fingerprint density at radius 2 is 1.79 bits per heavy atom. The summed E-state index contributed by atoms with van der Waals surface area (Å²) >= 11 is 0. The third-order valence-corrected chi connectivity index (χ3v) is 10.6. The fourth-order valence-corrected chi connectivity index (χ4v) is 9.09. The van der Waals surface area contributed by atoms with E-state index in [9.17, 15) is 20.1 Å². The van der Waals surface area contributed by atoms with Crippen LogP contribution in [0.4, 0.5) is 0 Å². The summed E-state index contributed by atoms with van der Waals surface area (Å²) in [5.74, 6) is 1.14. The lowest BCUT2D eigenvalue weighted by molar-refractivity contribution is -0.200. The van der Waals surface area contributed by atoms with Crippen molar-refractivity contribution in [2.24, 2.45) is 52.3 Å². The summed E-state index contributed by atoms with van der Waals surface area (Å²) < 4.78 is 0. The van der Waals surface area contributed by atoms with Crippen LogP contribution in [0.15, 0.2) is 0 Å². The minimum Gasteiger partial charge on any atom is -0.481 e. The average Bonchev–Trinajstić information content (AvgIpc) is 3.01. The van der Waals surface area contributed by atoms with E-state index in [1.807, 2.05) is 0 Å². The second-order valence-electron chi connectivity index (χ2n) is 11.7. The van der Waals surface area contributed by atoms with Gasteiger partial charge in [-0.2, -0.15) is 0 Å². The Morgan fingerprint density at radius 1 is 1.07 bits per heavy atom. The molecule has 0 aliphatic heterocycles. The van der Waals surface area contributed by atoms with Crippen molar-refractivity contribution < 1.29 is 20.1 Å². The van der Waals surface area contributed by atoms with E-state index < -0.39 is 5.97 Å². The summed E-state index contributed by atoms with van der Waals surface area (Å²) in [5.41, 5.74) is -0.0912. The molecule has 0 aromatic carbocycles. The molecule has 29 heavy (non-hydrogen) atoms. The lowest BCUT2D eigenvalue weighted by Gasteiger charge is -2.63. The smallest absolute Gasteiger partial charge is 0.306 e. The molecule has 0 spiro atoms. The minimum atomic E-state index is -0.647. The second-order valence-corrected chi connectivity index (χ2v) is 11.7. The van der Waals surface area contributed by atoms with E-state index in [0.717, 1.165) is 38.5 Å². The van der Waals surface area contributed by atoms with E-state index in [0.29, 0.717) is 24.2 Å². The predicted molar refractivity (Wildman–Crippen MR) is 113 cm³/mol. The molecule has 4 aliphatic rings. The molecule has 1 unspecified atom stereocenters. The molecule has 0 radical (unpaired) electrons. The van der Waals surface area contributed by atoms with Crippen molar-refractivity contribution in [1.29, 1.82) is 0 Å². The summed E-state index contributed by atoms with van der Waals surface area (Å²) in [7, 11) is 0. The largest absolute Gasteiger partial charge is 0.481 e. The Morgan fingerprint density at radius 3 is 2.45 bits per heavy atom. The van der Waals surface area contributed by atoms with Gasteiger partial charge in [0.15, 0.2) is 0 Å². The third kappa shape index (κ3) is 3.11. The number of carbonyl (C=O) groups is 1. The van der Waals surface area contributed by atoms with Gasteiger partial charge in [0.05, 0.1) is 18.1 Å². The molecule has 4 fully saturated rings. The average molecular weight is 407 g/mol. The first-order valence-electron chi connectivity index (χ1n) is 12.2. The van der Waals surface area contributed by atoms with Crippen molar-refractivity contribution in [3.8, 4) is 0 Å². The number of aliphatic hydroxyl groups is 2. The highest BCUT2D eigenvalue weighted by molar-refractivity contribution is 5.71. The SMILES string of the molecule is CCC[C@@H](C)[C@H]1CC[C@H]2[C@@H]3C(C(=O)O)C[C@@H]4C[C@H](O)CC[C@]4(C)[C@H]3C[C@H](O)[C@]12C. The Bertz CT molecular complexity index is 634. The summed E-state index contributed by atoms with van der Waals surface area (Å²) in [5, 5.41) is 32.0. The lowest BCUT2D eigenvalue weighted by Crippen LogP contribution is -2.62. The van der Waals surface area contributed by atoms with Crippen LogP contribution in [0.3, 0.4) is 0 Å². The number of aliphatic hydroxyl groups excluding tert-OH is 2. The maximum absolute atomic E-state index is 12.4. The van der Waals surface area contributed by atoms with Crippen molar-refractivity contribution in [2.75, 3.05) is 0 Å². The molecule has 0 saturated heterocycles. The normalized spacial score (nSPS) is 52.9. The monoisotopic (exact) mass is 406 g/mol. The molecule has 0 aromatic heterocycles. The molecule has 4 saturated carbocycles. The van der Waals surface area contributed by atoms with Gasteiger partial charge in [0.25, 0.3) is 0 Å². The van der Waals surface area contributed by atoms with Crippen LogP contribution in [0.25, 0.3) is 0 Å². The topological polar surface area (TPSA) is 77.8 Å². The maximum atomic E-state index is 12.4. The molecule has 4 nitrogen and oxygen atoms in total. The number of carboxylic acids is 1. The first-order chi connectivity index (χ1) is 13.6. The third-order valence-electron chi connectivity index (χ3n) is 10.6. The number of fused-ring (bicyclic) bond motifs is 5. The van der Waals surface area contributed by atoms with Gasteiger partial charge in [-0.05, 0) is 91.3 Å². The van der Waals surface area contributed by atoms with E-state index >= 15 is 0 Å². The molecule has 166 valence electrons. The van der Waals surface area contributed by atoms with Crippen molar-refractivity contribution in [3.05, 3.63) is 0 Å². The van der Waals surface area contributed by atoms with Gasteiger partial charge in [-0.1, -0.05) is 40.5 Å². The highest BCUT2D eigenvalue weighted by atomic mass is 16.4. The van der Waals surface area contributed by atoms with Crippen LogP contribution < -0.4 is 0 Å². The fraction of sp³-hybridized carbons (Fsp3) is 0.960. The molecule has 0 heterocycles. The summed E-state index contributed by atoms with van der Waals surface area (Å²) in [6.07, 6.45) is 7.92. The molecular weight excluding hydrogens is 364 g/mol. The zero-order valence-electron chi connectivity index (χ0n) is 18.8. The molecule has 0 amide bonds. The highest BCUT2D eigenvalue weighted by Gasteiger charge is 2.66. The molecule has 11 atom stereocenters. The Kier molecular flexibility index (Phi) is 5.60. The molecule has 4 aliphatic carbocycles. The summed E-state index contributed by atoms with van der Waals surface area (Å²) in [6.45, 7) is 9.22. The molecular formula is C25H42O4. The lowest BCUT2D eigenvalue weighted by atomic mass is 9.41. The maximum Gasteiger partial charge on any atom is 0.306 e. The van der Waals surface area contributed by atoms with E-state index in [1.54, 1.807) is 0 Å². The van der Waals surface area contributed by atoms with Gasteiger partial charge in [-0.15, -0.1) is 0 Å². The highest BCUT2D eigenvalue weighted by Crippen LogP contribution is 2.69. The number of hydrogen-bond donors (Lipinski definition) is 3. The Hall–Kier alpha value is -0.610. The van der Waals surface area contributed by atoms with Crippen LogP contribution >= 0.6 is 0 Å². The first kappa shape index (κ1) is 21.6. The molecule has 3 N–H and O–H groups in total. The van der Waals surface area contributed by atoms with Crippen LogP contribution in [0.2, 0.25) is 0 Å². The Labute approximate surface area is 176 Å². The zero-order valence-corrected chi connectivity index (χ0v) is 18.8. The van der Waals surface area contributed by atoms with Crippen LogP contribution in [-0.4, -0.2) is 33.5 Å². The molecule has 4 heteroatoms. The number of aliphatic carboxylic acids is 1. The van der Waals surface area contributed by atoms with Gasteiger partial charge >= 0.3 is 5.97 Å². The Balaban J connectivity index is 1.72. The van der Waals surface area contributed by atoms with E-state index in [4.69, 9.17) is 0 Å². The van der Waals surface area contributed by atoms with Crippen LogP contribution in [0.1, 0.15) is 85.5 Å². The van der Waals surface area contributed by atoms with Crippen molar-refractivity contribution in [1.82, 2.24) is 0 Å². The minimum absolute atomic E-state index is 0.0608. The number of carboxylic acid groups (broad SMARTS) is 1. The van der Waals surface area contributed by atoms with Crippen molar-refractivity contribution >= 4 is 5.97 Å². The molecule has 0 aromatic rings. The fourth-order valence-electron chi connectivity index (χ4n) is 9.09. The van der Waals surface area contributed by atoms with Gasteiger partial charge in [0, 0.05) is 0 Å². The van der Waals surface area contributed by atoms with Gasteiger partial charge < -0.3 is 15.3 Å². The zero-order chi connectivity index (χ0) is 21.1. The van der Waals surface area contributed by atoms with Gasteiger partial charge in [-0.25, -0.2) is 0 Å². The van der Waals surface area contributed by atoms with Crippen LogP contribution in [0.5, 0.6) is 0 Å². The summed E-state index contributed by atoms with van der Waals surface area (Å²) in [6, 6.07) is 0. The van der Waals surface area contributed by atoms with E-state index in [-0.39, 0.29) is 46.7 Å².